The fourth-order valence-corrected chi connectivity index (χ4v) is 2.37. The molecule has 4 nitrogen and oxygen atoms in total. The van der Waals surface area contributed by atoms with Gasteiger partial charge in [-0.25, -0.2) is 0 Å². The molecule has 1 atom stereocenters. The largest absolute Gasteiger partial charge is 0.354 e. The summed E-state index contributed by atoms with van der Waals surface area (Å²) < 4.78 is 0.995. The van der Waals surface area contributed by atoms with Crippen LogP contribution in [-0.2, 0) is 16.1 Å². The second-order valence-corrected chi connectivity index (χ2v) is 6.24. The van der Waals surface area contributed by atoms with Crippen molar-refractivity contribution in [3.8, 4) is 0 Å². The highest BCUT2D eigenvalue weighted by Gasteiger charge is 2.24. The molecule has 22 heavy (non-hydrogen) atoms. The number of halogens is 1. The molecule has 1 rings (SSSR count). The summed E-state index contributed by atoms with van der Waals surface area (Å²) in [5, 5.41) is 2.90. The van der Waals surface area contributed by atoms with Crippen LogP contribution in [0.15, 0.2) is 28.7 Å². The third-order valence-corrected chi connectivity index (χ3v) is 4.09. The fourth-order valence-electron chi connectivity index (χ4n) is 2.11. The molecule has 0 heterocycles. The van der Waals surface area contributed by atoms with Gasteiger partial charge < -0.3 is 10.2 Å². The van der Waals surface area contributed by atoms with Gasteiger partial charge in [0.1, 0.15) is 6.04 Å². The van der Waals surface area contributed by atoms with E-state index < -0.39 is 6.04 Å². The van der Waals surface area contributed by atoms with E-state index in [0.717, 1.165) is 22.9 Å². The van der Waals surface area contributed by atoms with Crippen LogP contribution in [0.25, 0.3) is 0 Å². The Morgan fingerprint density at radius 2 is 1.86 bits per heavy atom. The number of nitrogens with one attached hydrogen (secondary N) is 1. The topological polar surface area (TPSA) is 49.4 Å². The number of hydrogen-bond donors (Lipinski definition) is 1. The summed E-state index contributed by atoms with van der Waals surface area (Å²) in [6.07, 6.45) is 2.38. The van der Waals surface area contributed by atoms with Gasteiger partial charge in [0.05, 0.1) is 0 Å². The van der Waals surface area contributed by atoms with Gasteiger partial charge in [0.15, 0.2) is 0 Å². The van der Waals surface area contributed by atoms with Gasteiger partial charge in [-0.3, -0.25) is 9.59 Å². The molecule has 1 aromatic rings. The van der Waals surface area contributed by atoms with Crippen molar-refractivity contribution in [2.45, 2.75) is 52.6 Å². The molecular formula is C17H25BrN2O2. The van der Waals surface area contributed by atoms with Crippen molar-refractivity contribution in [3.05, 3.63) is 34.3 Å². The fraction of sp³-hybridized carbons (Fsp3) is 0.529. The molecule has 5 heteroatoms. The first-order valence-electron chi connectivity index (χ1n) is 7.81. The SMILES string of the molecule is CCCCNC(=O)[C@H](C)N(Cc1ccc(Br)cc1)C(=O)CC. The minimum atomic E-state index is -0.465. The summed E-state index contributed by atoms with van der Waals surface area (Å²) in [6, 6.07) is 7.34. The van der Waals surface area contributed by atoms with Crippen molar-refractivity contribution < 1.29 is 9.59 Å². The molecule has 0 aliphatic heterocycles. The average molecular weight is 369 g/mol. The zero-order chi connectivity index (χ0) is 16.5. The molecule has 2 amide bonds. The summed E-state index contributed by atoms with van der Waals surface area (Å²) in [7, 11) is 0. The Bertz CT molecular complexity index is 488. The molecule has 0 saturated heterocycles. The van der Waals surface area contributed by atoms with E-state index in [9.17, 15) is 9.59 Å². The van der Waals surface area contributed by atoms with Crippen LogP contribution in [0, 0.1) is 0 Å². The third-order valence-electron chi connectivity index (χ3n) is 3.57. The van der Waals surface area contributed by atoms with Gasteiger partial charge in [-0.1, -0.05) is 48.3 Å². The maximum atomic E-state index is 12.2. The van der Waals surface area contributed by atoms with E-state index >= 15 is 0 Å². The normalized spacial score (nSPS) is 11.8. The number of rotatable bonds is 8. The van der Waals surface area contributed by atoms with Crippen LogP contribution in [0.5, 0.6) is 0 Å². The first-order valence-corrected chi connectivity index (χ1v) is 8.60. The average Bonchev–Trinajstić information content (AvgIpc) is 2.53. The van der Waals surface area contributed by atoms with E-state index in [0.29, 0.717) is 19.5 Å². The lowest BCUT2D eigenvalue weighted by Gasteiger charge is -2.28. The van der Waals surface area contributed by atoms with Gasteiger partial charge in [0, 0.05) is 24.0 Å². The molecule has 122 valence electrons. The molecule has 1 aromatic carbocycles. The molecule has 0 saturated carbocycles. The second kappa shape index (κ2) is 9.62. The lowest BCUT2D eigenvalue weighted by Crippen LogP contribution is -2.47. The highest BCUT2D eigenvalue weighted by molar-refractivity contribution is 9.10. The number of hydrogen-bond acceptors (Lipinski definition) is 2. The van der Waals surface area contributed by atoms with Gasteiger partial charge >= 0.3 is 0 Å². The Balaban J connectivity index is 2.76. The zero-order valence-corrected chi connectivity index (χ0v) is 15.1. The Morgan fingerprint density at radius 1 is 1.23 bits per heavy atom. The summed E-state index contributed by atoms with van der Waals surface area (Å²) in [4.78, 5) is 26.1. The van der Waals surface area contributed by atoms with Crippen molar-refractivity contribution in [2.75, 3.05) is 6.54 Å². The van der Waals surface area contributed by atoms with Crippen molar-refractivity contribution in [3.63, 3.8) is 0 Å². The lowest BCUT2D eigenvalue weighted by molar-refractivity contribution is -0.140. The minimum Gasteiger partial charge on any atom is -0.354 e. The predicted octanol–water partition coefficient (Wildman–Crippen LogP) is 3.49. The Labute approximate surface area is 141 Å². The van der Waals surface area contributed by atoms with Crippen molar-refractivity contribution >= 4 is 27.7 Å². The second-order valence-electron chi connectivity index (χ2n) is 5.32. The van der Waals surface area contributed by atoms with Gasteiger partial charge in [0.2, 0.25) is 11.8 Å². The maximum Gasteiger partial charge on any atom is 0.242 e. The van der Waals surface area contributed by atoms with Crippen molar-refractivity contribution in [2.24, 2.45) is 0 Å². The molecule has 0 aliphatic carbocycles. The predicted molar refractivity (Wildman–Crippen MR) is 92.4 cm³/mol. The van der Waals surface area contributed by atoms with E-state index in [1.807, 2.05) is 31.2 Å². The summed E-state index contributed by atoms with van der Waals surface area (Å²) in [5.74, 6) is -0.103. The Kier molecular flexibility index (Phi) is 8.17. The van der Waals surface area contributed by atoms with Crippen LogP contribution in [-0.4, -0.2) is 29.3 Å². The number of carbonyl (C=O) groups excluding carboxylic acids is 2. The van der Waals surface area contributed by atoms with Gasteiger partial charge in [-0.2, -0.15) is 0 Å². The van der Waals surface area contributed by atoms with Crippen molar-refractivity contribution in [1.29, 1.82) is 0 Å². The summed E-state index contributed by atoms with van der Waals surface area (Å²) in [5.41, 5.74) is 1.01. The van der Waals surface area contributed by atoms with Crippen LogP contribution < -0.4 is 5.32 Å². The van der Waals surface area contributed by atoms with Gasteiger partial charge in [0.25, 0.3) is 0 Å². The van der Waals surface area contributed by atoms with Gasteiger partial charge in [-0.05, 0) is 31.0 Å². The number of unbranched alkanes of at least 4 members (excludes halogenated alkanes) is 1. The zero-order valence-electron chi connectivity index (χ0n) is 13.6. The highest BCUT2D eigenvalue weighted by Crippen LogP contribution is 2.14. The lowest BCUT2D eigenvalue weighted by atomic mass is 10.1. The van der Waals surface area contributed by atoms with Crippen LogP contribution in [0.1, 0.15) is 45.6 Å². The maximum absolute atomic E-state index is 12.2. The molecular weight excluding hydrogens is 344 g/mol. The van der Waals surface area contributed by atoms with Crippen molar-refractivity contribution in [1.82, 2.24) is 10.2 Å². The third kappa shape index (κ3) is 5.79. The molecule has 0 unspecified atom stereocenters. The number of benzene rings is 1. The first-order chi connectivity index (χ1) is 10.5. The highest BCUT2D eigenvalue weighted by atomic mass is 79.9. The molecule has 0 spiro atoms. The summed E-state index contributed by atoms with van der Waals surface area (Å²) in [6.45, 7) is 6.79. The Hall–Kier alpha value is -1.36. The molecule has 0 fully saturated rings. The number of amides is 2. The van der Waals surface area contributed by atoms with Gasteiger partial charge in [-0.15, -0.1) is 0 Å². The van der Waals surface area contributed by atoms with Crippen LogP contribution in [0.4, 0.5) is 0 Å². The standard InChI is InChI=1S/C17H25BrN2O2/c1-4-6-11-19-17(22)13(3)20(16(21)5-2)12-14-7-9-15(18)10-8-14/h7-10,13H,4-6,11-12H2,1-3H3,(H,19,22)/t13-/m0/s1. The summed E-state index contributed by atoms with van der Waals surface area (Å²) >= 11 is 3.40. The Morgan fingerprint density at radius 3 is 2.41 bits per heavy atom. The molecule has 0 radical (unpaired) electrons. The van der Waals surface area contributed by atoms with Crippen LogP contribution in [0.3, 0.4) is 0 Å². The van der Waals surface area contributed by atoms with E-state index in [1.54, 1.807) is 11.8 Å². The first kappa shape index (κ1) is 18.7. The quantitative estimate of drug-likeness (QED) is 0.713. The number of carbonyl (C=O) groups is 2. The molecule has 0 bridgehead atoms. The minimum absolute atomic E-state index is 0.0129. The molecule has 0 aliphatic rings. The van der Waals surface area contributed by atoms with E-state index in [1.165, 1.54) is 0 Å². The monoisotopic (exact) mass is 368 g/mol. The van der Waals surface area contributed by atoms with E-state index in [-0.39, 0.29) is 11.8 Å². The van der Waals surface area contributed by atoms with E-state index in [4.69, 9.17) is 0 Å². The van der Waals surface area contributed by atoms with E-state index in [2.05, 4.69) is 28.2 Å². The van der Waals surface area contributed by atoms with Crippen LogP contribution in [0.2, 0.25) is 0 Å². The molecule has 1 N–H and O–H groups in total. The molecule has 0 aromatic heterocycles. The smallest absolute Gasteiger partial charge is 0.242 e. The number of nitrogens with zero attached hydrogens (tertiary/aromatic N) is 1. The van der Waals surface area contributed by atoms with Crippen LogP contribution >= 0.6 is 15.9 Å².